The van der Waals surface area contributed by atoms with E-state index in [0.29, 0.717) is 0 Å². The molecule has 2 aromatic rings. The summed E-state index contributed by atoms with van der Waals surface area (Å²) < 4.78 is 54.6. The van der Waals surface area contributed by atoms with E-state index in [1.54, 1.807) is 18.2 Å². The van der Waals surface area contributed by atoms with E-state index in [0.717, 1.165) is 36.3 Å². The van der Waals surface area contributed by atoms with Gasteiger partial charge in [0.25, 0.3) is 5.56 Å². The van der Waals surface area contributed by atoms with Crippen LogP contribution in [0.15, 0.2) is 47.4 Å². The van der Waals surface area contributed by atoms with Gasteiger partial charge < -0.3 is 24.2 Å². The van der Waals surface area contributed by atoms with E-state index in [-0.39, 0.29) is 16.6 Å². The molecule has 2 heterocycles. The lowest BCUT2D eigenvalue weighted by Crippen LogP contribution is -2.44. The minimum absolute atomic E-state index is 0.107. The van der Waals surface area contributed by atoms with Crippen LogP contribution < -0.4 is 10.1 Å². The van der Waals surface area contributed by atoms with E-state index in [1.165, 1.54) is 32.2 Å². The van der Waals surface area contributed by atoms with Crippen LogP contribution in [-0.4, -0.2) is 62.4 Å². The van der Waals surface area contributed by atoms with E-state index >= 15 is 0 Å². The summed E-state index contributed by atoms with van der Waals surface area (Å²) in [6.45, 7) is -0.314. The van der Waals surface area contributed by atoms with Crippen LogP contribution in [-0.2, 0) is 23.4 Å². The van der Waals surface area contributed by atoms with E-state index in [4.69, 9.17) is 33.5 Å². The zero-order chi connectivity index (χ0) is 29.3. The zero-order valence-electron chi connectivity index (χ0n) is 23.0. The monoisotopic (exact) mass is 570 g/mol. The lowest BCUT2D eigenvalue weighted by atomic mass is 9.96. The molecule has 6 atom stereocenters. The summed E-state index contributed by atoms with van der Waals surface area (Å²) in [5.74, 6) is -1.48. The Hall–Kier alpha value is -2.34. The van der Waals surface area contributed by atoms with Gasteiger partial charge in [-0.1, -0.05) is 25.1 Å². The highest BCUT2D eigenvalue weighted by atomic mass is 32.1. The van der Waals surface area contributed by atoms with E-state index in [1.807, 2.05) is 0 Å². The van der Waals surface area contributed by atoms with Crippen LogP contribution >= 0.6 is 19.8 Å². The Kier molecular flexibility index (Phi) is 8.05. The van der Waals surface area contributed by atoms with Crippen molar-refractivity contribution < 1.29 is 40.8 Å². The van der Waals surface area contributed by atoms with E-state index < -0.39 is 61.8 Å². The maximum absolute atomic E-state index is 14.1. The molecular weight excluding hydrogens is 535 g/mol. The van der Waals surface area contributed by atoms with Gasteiger partial charge in [-0.3, -0.25) is 23.7 Å². The lowest BCUT2D eigenvalue weighted by Gasteiger charge is -2.28. The minimum atomic E-state index is -4.47. The molecule has 13 heteroatoms. The third-order valence-electron chi connectivity index (χ3n) is 6.55. The predicted molar refractivity (Wildman–Crippen MR) is 139 cm³/mol. The Balaban J connectivity index is 1.59. The second-order valence-corrected chi connectivity index (χ2v) is 12.1. The molecule has 1 aliphatic heterocycles. The number of nitrogens with one attached hydrogen (secondary N) is 1. The second kappa shape index (κ2) is 11.8. The van der Waals surface area contributed by atoms with Crippen molar-refractivity contribution in [2.24, 2.45) is 5.92 Å². The molecule has 1 aromatic heterocycles. The first-order valence-corrected chi connectivity index (χ1v) is 14.5. The number of rotatable bonds is 10. The van der Waals surface area contributed by atoms with Crippen LogP contribution in [0, 0.1) is 10.7 Å². The number of ether oxygens (including phenoxy) is 2. The number of hydrogen-bond acceptors (Lipinski definition) is 10. The van der Waals surface area contributed by atoms with Crippen molar-refractivity contribution in [1.82, 2.24) is 9.55 Å². The summed E-state index contributed by atoms with van der Waals surface area (Å²) >= 11 is 5.13. The fourth-order valence-corrected chi connectivity index (χ4v) is 6.39. The number of hydrogen-bond donors (Lipinski definition) is 3. The van der Waals surface area contributed by atoms with Crippen LogP contribution in [0.5, 0.6) is 5.75 Å². The number of H-pyrrole nitrogens is 1. The Bertz CT molecular complexity index is 1360. The van der Waals surface area contributed by atoms with Gasteiger partial charge in [-0.05, 0) is 57.0 Å². The highest BCUT2D eigenvalue weighted by Crippen LogP contribution is 2.51. The van der Waals surface area contributed by atoms with Gasteiger partial charge >= 0.3 is 13.6 Å². The zero-order valence-corrected chi connectivity index (χ0v) is 22.7. The number of esters is 1. The largest absolute Gasteiger partial charge is 0.462 e. The summed E-state index contributed by atoms with van der Waals surface area (Å²) in [7, 11) is -4.47. The van der Waals surface area contributed by atoms with Crippen molar-refractivity contribution in [3.63, 3.8) is 0 Å². The van der Waals surface area contributed by atoms with Gasteiger partial charge in [-0.2, -0.15) is 0 Å². The van der Waals surface area contributed by atoms with Gasteiger partial charge in [0.1, 0.15) is 29.7 Å². The van der Waals surface area contributed by atoms with Gasteiger partial charge in [0, 0.05) is 12.3 Å². The topological polar surface area (TPSA) is 149 Å². The number of aliphatic hydroxyl groups excluding tert-OH is 1. The van der Waals surface area contributed by atoms with Crippen LogP contribution in [0.3, 0.4) is 0 Å². The standard InChI is InChI=1S/C25H33N2O9PS/c1-16(22(30)34-17-8-6-7-9-17)15-37(32,36-18-10-4-3-5-11-18)33-14-19-21(29)25(2,31)23(35-19)27-13-12-20(28)26-24(27)38/h3-5,10-13,16-17,19,21,23,29,31H,6-9,14-15H2,1-2H3,(H,26,28,38)/t16-,19-,21+,23-,25?,37-/m1/s1/i14D2. The third-order valence-corrected chi connectivity index (χ3v) is 8.73. The number of aliphatic hydroxyl groups is 2. The van der Waals surface area contributed by atoms with Crippen molar-refractivity contribution in [2.75, 3.05) is 12.7 Å². The molecular formula is C25H33N2O9PS. The number of nitrogens with zero attached hydrogens (tertiary/aromatic N) is 1. The molecule has 4 rings (SSSR count). The highest BCUT2D eigenvalue weighted by molar-refractivity contribution is 7.71. The van der Waals surface area contributed by atoms with Crippen LogP contribution in [0.2, 0.25) is 0 Å². The summed E-state index contributed by atoms with van der Waals surface area (Å²) in [5, 5.41) is 22.0. The Morgan fingerprint density at radius 3 is 2.68 bits per heavy atom. The summed E-state index contributed by atoms with van der Waals surface area (Å²) in [6, 6.07) is 9.04. The molecule has 1 unspecified atom stereocenters. The molecule has 38 heavy (non-hydrogen) atoms. The van der Waals surface area contributed by atoms with Gasteiger partial charge in [-0.25, -0.2) is 4.57 Å². The number of aromatic amines is 1. The fraction of sp³-hybridized carbons (Fsp3) is 0.560. The minimum Gasteiger partial charge on any atom is -0.462 e. The summed E-state index contributed by atoms with van der Waals surface area (Å²) in [6.07, 6.45) is -1.35. The molecule has 0 amide bonds. The molecule has 1 saturated heterocycles. The number of aromatic nitrogens is 2. The average Bonchev–Trinajstić information content (AvgIpc) is 3.45. The number of benzene rings is 1. The predicted octanol–water partition coefficient (Wildman–Crippen LogP) is 3.33. The second-order valence-electron chi connectivity index (χ2n) is 9.75. The van der Waals surface area contributed by atoms with Crippen molar-refractivity contribution in [3.05, 3.63) is 57.7 Å². The normalized spacial score (nSPS) is 29.2. The Morgan fingerprint density at radius 2 is 2.03 bits per heavy atom. The Labute approximate surface area is 228 Å². The van der Waals surface area contributed by atoms with E-state index in [9.17, 15) is 24.4 Å². The molecule has 0 spiro atoms. The number of carbonyl (C=O) groups excluding carboxylic acids is 1. The molecule has 1 aromatic carbocycles. The van der Waals surface area contributed by atoms with Crippen molar-refractivity contribution in [2.45, 2.75) is 69.7 Å². The third kappa shape index (κ3) is 6.62. The van der Waals surface area contributed by atoms with Crippen molar-refractivity contribution in [1.29, 1.82) is 0 Å². The van der Waals surface area contributed by atoms with Gasteiger partial charge in [0.15, 0.2) is 11.0 Å². The van der Waals surface area contributed by atoms with Crippen molar-refractivity contribution >= 4 is 25.8 Å². The smallest absolute Gasteiger partial charge is 0.380 e. The maximum atomic E-state index is 14.1. The van der Waals surface area contributed by atoms with E-state index in [2.05, 4.69) is 4.98 Å². The molecule has 2 fully saturated rings. The summed E-state index contributed by atoms with van der Waals surface area (Å²) in [4.78, 5) is 26.7. The number of carbonyl (C=O) groups is 1. The molecule has 208 valence electrons. The fourth-order valence-electron chi connectivity index (χ4n) is 4.42. The molecule has 1 aliphatic carbocycles. The molecule has 2 aliphatic rings. The van der Waals surface area contributed by atoms with Gasteiger partial charge in [0.2, 0.25) is 0 Å². The SMILES string of the molecule is [2H]C([2H])(O[P@](=O)(C[C@@H](C)C(=O)OC1CCCC1)Oc1ccccc1)[C@H]1O[C@@H](n2ccc(=O)[nH]c2=S)C(C)(O)[C@H]1O. The molecule has 1 saturated carbocycles. The molecule has 0 bridgehead atoms. The van der Waals surface area contributed by atoms with Gasteiger partial charge in [-0.15, -0.1) is 0 Å². The first kappa shape index (κ1) is 25.9. The first-order valence-electron chi connectivity index (χ1n) is 13.3. The Morgan fingerprint density at radius 1 is 1.34 bits per heavy atom. The van der Waals surface area contributed by atoms with Crippen LogP contribution in [0.25, 0.3) is 0 Å². The molecule has 3 N–H and O–H groups in total. The summed E-state index contributed by atoms with van der Waals surface area (Å²) in [5.41, 5.74) is -2.62. The molecule has 11 nitrogen and oxygen atoms in total. The van der Waals surface area contributed by atoms with Crippen molar-refractivity contribution in [3.8, 4) is 5.75 Å². The average molecular weight is 571 g/mol. The first-order chi connectivity index (χ1) is 18.7. The van der Waals surface area contributed by atoms with Crippen LogP contribution in [0.4, 0.5) is 0 Å². The number of para-hydroxylation sites is 1. The lowest BCUT2D eigenvalue weighted by molar-refractivity contribution is -0.152. The highest BCUT2D eigenvalue weighted by Gasteiger charge is 2.53. The van der Waals surface area contributed by atoms with Crippen LogP contribution in [0.1, 0.15) is 48.5 Å². The maximum Gasteiger partial charge on any atom is 0.380 e. The quantitative estimate of drug-likeness (QED) is 0.221. The molecule has 0 radical (unpaired) electrons. The van der Waals surface area contributed by atoms with Gasteiger partial charge in [0.05, 0.1) is 21.4 Å².